The average molecular weight is 386 g/mol. The van der Waals surface area contributed by atoms with E-state index in [1.54, 1.807) is 42.5 Å². The van der Waals surface area contributed by atoms with E-state index < -0.39 is 5.97 Å². The van der Waals surface area contributed by atoms with Crippen molar-refractivity contribution in [3.8, 4) is 0 Å². The number of hydrogen-bond donors (Lipinski definition) is 3. The summed E-state index contributed by atoms with van der Waals surface area (Å²) in [5.74, 6) is -1.22. The number of nitrogens with two attached hydrogens (primary N) is 1. The second-order valence-electron chi connectivity index (χ2n) is 6.21. The Hall–Kier alpha value is -3.02. The topological polar surface area (TPSA) is 102 Å². The number of para-hydroxylation sites is 2. The third-order valence-corrected chi connectivity index (χ3v) is 3.92. The molecule has 0 heterocycles. The van der Waals surface area contributed by atoms with Crippen LogP contribution in [0.25, 0.3) is 0 Å². The number of esters is 1. The molecule has 0 saturated heterocycles. The largest absolute Gasteiger partial charge is 0.478 e. The van der Waals surface area contributed by atoms with Crippen LogP contribution in [0.4, 0.5) is 11.4 Å². The Labute approximate surface area is 166 Å². The minimum atomic E-state index is -0.885. The predicted octanol–water partition coefficient (Wildman–Crippen LogP) is 4.82. The van der Waals surface area contributed by atoms with Crippen molar-refractivity contribution in [1.29, 1.82) is 0 Å². The van der Waals surface area contributed by atoms with Crippen LogP contribution in [0.1, 0.15) is 60.2 Å². The molecule has 6 nitrogen and oxygen atoms in total. The number of benzene rings is 2. The molecule has 0 unspecified atom stereocenters. The second kappa shape index (κ2) is 13.2. The van der Waals surface area contributed by atoms with Gasteiger partial charge in [-0.05, 0) is 37.1 Å². The number of rotatable bonds is 9. The molecule has 0 fully saturated rings. The van der Waals surface area contributed by atoms with Gasteiger partial charge in [0.1, 0.15) is 0 Å². The van der Waals surface area contributed by atoms with Gasteiger partial charge in [-0.1, -0.05) is 51.0 Å². The quantitative estimate of drug-likeness (QED) is 0.324. The predicted molar refractivity (Wildman–Crippen MR) is 113 cm³/mol. The van der Waals surface area contributed by atoms with Crippen molar-refractivity contribution in [3.05, 3.63) is 59.7 Å². The van der Waals surface area contributed by atoms with Crippen LogP contribution in [-0.2, 0) is 4.74 Å². The SMILES string of the molecule is CCCCNc1ccccc1C(=O)O.CCCCOC(=O)c1ccccc1N. The molecule has 0 atom stereocenters. The fourth-order valence-electron chi connectivity index (χ4n) is 2.29. The Morgan fingerprint density at radius 1 is 0.964 bits per heavy atom. The van der Waals surface area contributed by atoms with Crippen LogP contribution < -0.4 is 11.1 Å². The Morgan fingerprint density at radius 3 is 2.18 bits per heavy atom. The average Bonchev–Trinajstić information content (AvgIpc) is 2.69. The van der Waals surface area contributed by atoms with Gasteiger partial charge in [-0.25, -0.2) is 9.59 Å². The van der Waals surface area contributed by atoms with Gasteiger partial charge in [0, 0.05) is 17.9 Å². The Kier molecular flexibility index (Phi) is 10.8. The van der Waals surface area contributed by atoms with E-state index in [0.717, 1.165) is 32.2 Å². The van der Waals surface area contributed by atoms with Crippen molar-refractivity contribution < 1.29 is 19.4 Å². The first-order chi connectivity index (χ1) is 13.5. The third kappa shape index (κ3) is 8.12. The summed E-state index contributed by atoms with van der Waals surface area (Å²) in [6, 6.07) is 13.9. The molecule has 0 bridgehead atoms. The number of carbonyl (C=O) groups excluding carboxylic acids is 1. The van der Waals surface area contributed by atoms with Crippen LogP contribution in [0.15, 0.2) is 48.5 Å². The molecule has 28 heavy (non-hydrogen) atoms. The van der Waals surface area contributed by atoms with Crippen LogP contribution in [0.3, 0.4) is 0 Å². The van der Waals surface area contributed by atoms with E-state index in [4.69, 9.17) is 15.6 Å². The first-order valence-electron chi connectivity index (χ1n) is 9.59. The van der Waals surface area contributed by atoms with Crippen molar-refractivity contribution >= 4 is 23.3 Å². The molecule has 0 saturated carbocycles. The molecule has 0 radical (unpaired) electrons. The zero-order valence-electron chi connectivity index (χ0n) is 16.6. The maximum Gasteiger partial charge on any atom is 0.340 e. The van der Waals surface area contributed by atoms with E-state index in [1.807, 2.05) is 13.0 Å². The smallest absolute Gasteiger partial charge is 0.340 e. The number of aromatic carboxylic acids is 1. The summed E-state index contributed by atoms with van der Waals surface area (Å²) >= 11 is 0. The van der Waals surface area contributed by atoms with E-state index in [0.29, 0.717) is 29.1 Å². The molecule has 0 aromatic heterocycles. The molecule has 6 heteroatoms. The molecular weight excluding hydrogens is 356 g/mol. The lowest BCUT2D eigenvalue weighted by Gasteiger charge is -2.08. The highest BCUT2D eigenvalue weighted by molar-refractivity contribution is 5.95. The number of anilines is 2. The summed E-state index contributed by atoms with van der Waals surface area (Å²) in [5.41, 5.74) is 7.58. The summed E-state index contributed by atoms with van der Waals surface area (Å²) in [7, 11) is 0. The summed E-state index contributed by atoms with van der Waals surface area (Å²) in [6.07, 6.45) is 4.05. The van der Waals surface area contributed by atoms with Gasteiger partial charge in [0.25, 0.3) is 0 Å². The number of hydrogen-bond acceptors (Lipinski definition) is 5. The first kappa shape index (κ1) is 23.0. The van der Waals surface area contributed by atoms with Crippen molar-refractivity contribution in [3.63, 3.8) is 0 Å². The van der Waals surface area contributed by atoms with Gasteiger partial charge in [0.05, 0.1) is 17.7 Å². The highest BCUT2D eigenvalue weighted by Crippen LogP contribution is 2.14. The Balaban J connectivity index is 0.000000280. The van der Waals surface area contributed by atoms with Crippen LogP contribution in [0.2, 0.25) is 0 Å². The molecule has 4 N–H and O–H groups in total. The Morgan fingerprint density at radius 2 is 1.57 bits per heavy atom. The molecule has 2 rings (SSSR count). The second-order valence-corrected chi connectivity index (χ2v) is 6.21. The monoisotopic (exact) mass is 386 g/mol. The van der Waals surface area contributed by atoms with Gasteiger partial charge in [0.15, 0.2) is 0 Å². The Bertz CT molecular complexity index is 747. The van der Waals surface area contributed by atoms with Crippen molar-refractivity contribution in [2.75, 3.05) is 24.2 Å². The molecule has 2 aromatic carbocycles. The van der Waals surface area contributed by atoms with Crippen LogP contribution in [0.5, 0.6) is 0 Å². The summed E-state index contributed by atoms with van der Waals surface area (Å²) < 4.78 is 5.03. The number of nitrogens with one attached hydrogen (secondary N) is 1. The molecule has 0 amide bonds. The number of carbonyl (C=O) groups is 2. The number of unbranched alkanes of at least 4 members (excludes halogenated alkanes) is 2. The fraction of sp³-hybridized carbons (Fsp3) is 0.364. The number of carboxylic acid groups (broad SMARTS) is 1. The molecular formula is C22H30N2O4. The third-order valence-electron chi connectivity index (χ3n) is 3.92. The maximum absolute atomic E-state index is 11.4. The van der Waals surface area contributed by atoms with Gasteiger partial charge in [0.2, 0.25) is 0 Å². The lowest BCUT2D eigenvalue weighted by Crippen LogP contribution is -2.08. The van der Waals surface area contributed by atoms with E-state index in [9.17, 15) is 9.59 Å². The normalized spacial score (nSPS) is 9.79. The summed E-state index contributed by atoms with van der Waals surface area (Å²) in [4.78, 5) is 22.3. The lowest BCUT2D eigenvalue weighted by atomic mass is 10.2. The van der Waals surface area contributed by atoms with Gasteiger partial charge < -0.3 is 20.9 Å². The van der Waals surface area contributed by atoms with Gasteiger partial charge in [-0.2, -0.15) is 0 Å². The molecule has 2 aromatic rings. The minimum Gasteiger partial charge on any atom is -0.478 e. The molecule has 152 valence electrons. The number of nitrogen functional groups attached to an aromatic ring is 1. The first-order valence-corrected chi connectivity index (χ1v) is 9.59. The van der Waals surface area contributed by atoms with E-state index >= 15 is 0 Å². The minimum absolute atomic E-state index is 0.337. The zero-order chi connectivity index (χ0) is 20.8. The van der Waals surface area contributed by atoms with E-state index in [2.05, 4.69) is 12.2 Å². The van der Waals surface area contributed by atoms with Gasteiger partial charge in [-0.15, -0.1) is 0 Å². The van der Waals surface area contributed by atoms with E-state index in [-0.39, 0.29) is 5.97 Å². The molecule has 0 aliphatic rings. The maximum atomic E-state index is 11.4. The standard InChI is InChI=1S/2C11H15NO2/c1-2-3-8-14-11(13)9-6-4-5-7-10(9)12;1-2-3-8-12-10-7-5-4-6-9(10)11(13)14/h4-7H,2-3,8,12H2,1H3;4-7,12H,2-3,8H2,1H3,(H,13,14). The highest BCUT2D eigenvalue weighted by atomic mass is 16.5. The molecule has 0 aliphatic heterocycles. The van der Waals surface area contributed by atoms with Gasteiger partial charge in [-0.3, -0.25) is 0 Å². The fourth-order valence-corrected chi connectivity index (χ4v) is 2.29. The molecule has 0 aliphatic carbocycles. The van der Waals surface area contributed by atoms with Crippen molar-refractivity contribution in [2.45, 2.75) is 39.5 Å². The van der Waals surface area contributed by atoms with Crippen LogP contribution >= 0.6 is 0 Å². The summed E-state index contributed by atoms with van der Waals surface area (Å²) in [5, 5.41) is 12.0. The zero-order valence-corrected chi connectivity index (χ0v) is 16.6. The van der Waals surface area contributed by atoms with Gasteiger partial charge >= 0.3 is 11.9 Å². The van der Waals surface area contributed by atoms with E-state index in [1.165, 1.54) is 0 Å². The van der Waals surface area contributed by atoms with Crippen molar-refractivity contribution in [2.24, 2.45) is 0 Å². The van der Waals surface area contributed by atoms with Crippen LogP contribution in [-0.4, -0.2) is 30.2 Å². The highest BCUT2D eigenvalue weighted by Gasteiger charge is 2.09. The molecule has 0 spiro atoms. The number of ether oxygens (including phenoxy) is 1. The van der Waals surface area contributed by atoms with Crippen molar-refractivity contribution in [1.82, 2.24) is 0 Å². The lowest BCUT2D eigenvalue weighted by molar-refractivity contribution is 0.0500. The summed E-state index contributed by atoms with van der Waals surface area (Å²) in [6.45, 7) is 5.43. The van der Waals surface area contributed by atoms with Crippen LogP contribution in [0, 0.1) is 0 Å². The number of carboxylic acids is 1.